The van der Waals surface area contributed by atoms with Crippen molar-refractivity contribution in [3.63, 3.8) is 0 Å². The van der Waals surface area contributed by atoms with Crippen molar-refractivity contribution < 1.29 is 14.3 Å². The van der Waals surface area contributed by atoms with E-state index < -0.39 is 17.7 Å². The van der Waals surface area contributed by atoms with Crippen molar-refractivity contribution in [3.8, 4) is 11.4 Å². The first kappa shape index (κ1) is 24.1. The number of hydrogen-bond acceptors (Lipinski definition) is 6. The van der Waals surface area contributed by atoms with Gasteiger partial charge in [0.05, 0.1) is 33.8 Å². The van der Waals surface area contributed by atoms with E-state index in [1.165, 1.54) is 6.07 Å². The van der Waals surface area contributed by atoms with Crippen molar-refractivity contribution in [2.45, 2.75) is 31.7 Å². The number of carboxylic acid groups (broad SMARTS) is 1. The summed E-state index contributed by atoms with van der Waals surface area (Å²) in [7, 11) is 0. The fourth-order valence-electron chi connectivity index (χ4n) is 6.68. The molecular weight excluding hydrogens is 499 g/mol. The van der Waals surface area contributed by atoms with Gasteiger partial charge in [0.1, 0.15) is 17.2 Å². The van der Waals surface area contributed by atoms with Crippen molar-refractivity contribution in [2.75, 3.05) is 42.9 Å². The number of halogens is 1. The van der Waals surface area contributed by atoms with E-state index in [1.807, 2.05) is 29.2 Å². The average Bonchev–Trinajstić information content (AvgIpc) is 3.37. The summed E-state index contributed by atoms with van der Waals surface area (Å²) < 4.78 is 15.8. The number of nitrogens with zero attached hydrogens (tertiary/aromatic N) is 3. The summed E-state index contributed by atoms with van der Waals surface area (Å²) in [4.78, 5) is 40.4. The molecule has 6 heterocycles. The molecule has 4 N–H and O–H groups in total. The molecule has 0 saturated carbocycles. The average molecular weight is 531 g/mol. The van der Waals surface area contributed by atoms with Gasteiger partial charge in [-0.25, -0.2) is 9.37 Å². The topological polar surface area (TPSA) is 117 Å². The Kier molecular flexibility index (Phi) is 5.80. The number of piperidine rings is 4. The van der Waals surface area contributed by atoms with E-state index in [2.05, 4.69) is 20.2 Å². The third-order valence-corrected chi connectivity index (χ3v) is 8.88. The maximum absolute atomic E-state index is 15.8. The van der Waals surface area contributed by atoms with Crippen molar-refractivity contribution in [2.24, 2.45) is 11.8 Å². The van der Waals surface area contributed by atoms with Crippen LogP contribution in [0.5, 0.6) is 0 Å². The number of pyridine rings is 1. The van der Waals surface area contributed by atoms with Crippen LogP contribution < -0.4 is 15.8 Å². The molecule has 39 heavy (non-hydrogen) atoms. The Morgan fingerprint density at radius 2 is 1.79 bits per heavy atom. The number of imidazole rings is 1. The smallest absolute Gasteiger partial charge is 0.306 e. The predicted molar refractivity (Wildman–Crippen MR) is 149 cm³/mol. The normalized spacial score (nSPS) is 23.5. The van der Waals surface area contributed by atoms with Crippen LogP contribution in [0.3, 0.4) is 0 Å². The van der Waals surface area contributed by atoms with E-state index in [9.17, 15) is 14.7 Å². The summed E-state index contributed by atoms with van der Waals surface area (Å²) in [6, 6.07) is 11.0. The van der Waals surface area contributed by atoms with Crippen LogP contribution in [-0.2, 0) is 4.79 Å². The molecule has 2 aromatic heterocycles. The zero-order valence-electron chi connectivity index (χ0n) is 21.5. The third kappa shape index (κ3) is 4.23. The van der Waals surface area contributed by atoms with Gasteiger partial charge < -0.3 is 30.2 Å². The van der Waals surface area contributed by atoms with Crippen molar-refractivity contribution >= 4 is 39.3 Å². The van der Waals surface area contributed by atoms with Gasteiger partial charge in [0, 0.05) is 31.1 Å². The summed E-state index contributed by atoms with van der Waals surface area (Å²) in [5, 5.41) is 13.6. The second-order valence-corrected chi connectivity index (χ2v) is 11.1. The summed E-state index contributed by atoms with van der Waals surface area (Å²) in [5.41, 5.74) is 3.19. The first-order valence-electron chi connectivity index (χ1n) is 13.8. The number of rotatable bonds is 5. The van der Waals surface area contributed by atoms with E-state index >= 15 is 4.39 Å². The van der Waals surface area contributed by atoms with E-state index in [0.717, 1.165) is 43.5 Å². The number of aliphatic carboxylic acids is 1. The SMILES string of the molecule is O=C(O)C1CCN(c2cc3[nH]c(=O)c(-c4nc5ccccc5[nH]4)c(N[C@@H]4CN5CCC4CC5)c3cc2F)CC1. The molecule has 0 spiro atoms. The molecule has 2 aromatic carbocycles. The fraction of sp³-hybridized carbons (Fsp3) is 0.414. The summed E-state index contributed by atoms with van der Waals surface area (Å²) >= 11 is 0. The van der Waals surface area contributed by atoms with Gasteiger partial charge in [-0.15, -0.1) is 0 Å². The number of aromatic amines is 2. The van der Waals surface area contributed by atoms with Crippen LogP contribution in [-0.4, -0.2) is 69.7 Å². The van der Waals surface area contributed by atoms with Crippen molar-refractivity contribution in [1.82, 2.24) is 19.9 Å². The van der Waals surface area contributed by atoms with Crippen molar-refractivity contribution in [3.05, 3.63) is 52.6 Å². The molecule has 4 saturated heterocycles. The van der Waals surface area contributed by atoms with Gasteiger partial charge in [0.2, 0.25) is 0 Å². The minimum atomic E-state index is -0.806. The van der Waals surface area contributed by atoms with E-state index in [0.29, 0.717) is 65.5 Å². The van der Waals surface area contributed by atoms with Crippen molar-refractivity contribution in [1.29, 1.82) is 0 Å². The second-order valence-electron chi connectivity index (χ2n) is 11.1. The molecule has 0 unspecified atom stereocenters. The number of hydrogen-bond donors (Lipinski definition) is 4. The summed E-state index contributed by atoms with van der Waals surface area (Å²) in [6.45, 7) is 3.96. The van der Waals surface area contributed by atoms with Crippen LogP contribution in [0.25, 0.3) is 33.3 Å². The monoisotopic (exact) mass is 530 g/mol. The maximum atomic E-state index is 15.8. The van der Waals surface area contributed by atoms with Gasteiger partial charge in [0.15, 0.2) is 0 Å². The Bertz CT molecular complexity index is 1600. The zero-order chi connectivity index (χ0) is 26.7. The molecule has 0 radical (unpaired) electrons. The van der Waals surface area contributed by atoms with Crippen LogP contribution in [0.4, 0.5) is 15.8 Å². The number of carboxylic acids is 1. The van der Waals surface area contributed by atoms with Crippen LogP contribution in [0.1, 0.15) is 25.7 Å². The summed E-state index contributed by atoms with van der Waals surface area (Å²) in [6.07, 6.45) is 3.12. The van der Waals surface area contributed by atoms with E-state index in [1.54, 1.807) is 6.07 Å². The molecular formula is C29H31FN6O3. The number of H-pyrrole nitrogens is 2. The molecule has 8 rings (SSSR count). The zero-order valence-corrected chi connectivity index (χ0v) is 21.5. The lowest BCUT2D eigenvalue weighted by Crippen LogP contribution is -2.53. The molecule has 10 heteroatoms. The van der Waals surface area contributed by atoms with Gasteiger partial charge in [0.25, 0.3) is 5.56 Å². The highest BCUT2D eigenvalue weighted by Crippen LogP contribution is 2.38. The molecule has 0 aliphatic carbocycles. The molecule has 4 aromatic rings. The Balaban J connectivity index is 1.35. The highest BCUT2D eigenvalue weighted by Gasteiger charge is 2.35. The highest BCUT2D eigenvalue weighted by molar-refractivity contribution is 6.00. The van der Waals surface area contributed by atoms with Gasteiger partial charge in [-0.2, -0.15) is 0 Å². The number of para-hydroxylation sites is 2. The first-order chi connectivity index (χ1) is 18.9. The van der Waals surface area contributed by atoms with Crippen LogP contribution >= 0.6 is 0 Å². The molecule has 4 aliphatic heterocycles. The molecule has 1 atom stereocenters. The lowest BCUT2D eigenvalue weighted by atomic mass is 9.83. The van der Waals surface area contributed by atoms with Crippen LogP contribution in [0.15, 0.2) is 41.2 Å². The van der Waals surface area contributed by atoms with Crippen LogP contribution in [0, 0.1) is 17.7 Å². The first-order valence-corrected chi connectivity index (χ1v) is 13.8. The lowest BCUT2D eigenvalue weighted by Gasteiger charge is -2.45. The van der Waals surface area contributed by atoms with Gasteiger partial charge in [-0.05, 0) is 69.0 Å². The molecule has 202 valence electrons. The largest absolute Gasteiger partial charge is 0.481 e. The maximum Gasteiger partial charge on any atom is 0.306 e. The molecule has 9 nitrogen and oxygen atoms in total. The molecule has 4 fully saturated rings. The number of benzene rings is 2. The second kappa shape index (κ2) is 9.37. The third-order valence-electron chi connectivity index (χ3n) is 8.88. The highest BCUT2D eigenvalue weighted by atomic mass is 19.1. The number of fused-ring (bicyclic) bond motifs is 5. The molecule has 4 aliphatic rings. The van der Waals surface area contributed by atoms with Gasteiger partial charge in [-0.1, -0.05) is 12.1 Å². The van der Waals surface area contributed by atoms with Crippen LogP contribution in [0.2, 0.25) is 0 Å². The van der Waals surface area contributed by atoms with Gasteiger partial charge in [-0.3, -0.25) is 9.59 Å². The molecule has 0 amide bonds. The predicted octanol–water partition coefficient (Wildman–Crippen LogP) is 4.02. The quantitative estimate of drug-likeness (QED) is 0.308. The minimum Gasteiger partial charge on any atom is -0.481 e. The Labute approximate surface area is 224 Å². The fourth-order valence-corrected chi connectivity index (χ4v) is 6.68. The minimum absolute atomic E-state index is 0.151. The Hall–Kier alpha value is -3.92. The molecule has 2 bridgehead atoms. The lowest BCUT2D eigenvalue weighted by molar-refractivity contribution is -0.142. The van der Waals surface area contributed by atoms with E-state index in [4.69, 9.17) is 4.98 Å². The number of anilines is 2. The Morgan fingerprint density at radius 3 is 2.49 bits per heavy atom. The summed E-state index contributed by atoms with van der Waals surface area (Å²) in [5.74, 6) is -0.667. The number of nitrogens with one attached hydrogen (secondary N) is 3. The number of carbonyl (C=O) groups is 1. The van der Waals surface area contributed by atoms with E-state index in [-0.39, 0.29) is 11.6 Å². The Morgan fingerprint density at radius 1 is 1.03 bits per heavy atom. The number of aromatic nitrogens is 3. The standard InChI is InChI=1S/C29H31FN6O3/c30-19-13-18-22(14-24(19)36-11-7-17(8-12-36)29(38)39)34-28(37)25(27-32-20-3-1-2-4-21(20)33-27)26(18)31-23-15-35-9-5-16(23)6-10-35/h1-4,13-14,16-17,23H,5-12,15H2,(H,32,33)(H,38,39)(H2,31,34,37)/t23-/m1/s1. The van der Waals surface area contributed by atoms with Gasteiger partial charge >= 0.3 is 5.97 Å².